The Morgan fingerprint density at radius 3 is 2.64 bits per heavy atom. The number of carbonyl (C=O) groups excluding carboxylic acids is 1. The number of nitrogens with one attached hydrogen (secondary N) is 1. The summed E-state index contributed by atoms with van der Waals surface area (Å²) in [6.45, 7) is 6.33. The summed E-state index contributed by atoms with van der Waals surface area (Å²) >= 11 is 0. The van der Waals surface area contributed by atoms with Gasteiger partial charge in [-0.3, -0.25) is 4.79 Å². The van der Waals surface area contributed by atoms with E-state index in [2.05, 4.69) is 5.32 Å². The molecule has 4 atom stereocenters. The minimum absolute atomic E-state index is 0.00574. The lowest BCUT2D eigenvalue weighted by Crippen LogP contribution is -2.46. The highest BCUT2D eigenvalue weighted by atomic mass is 16.5. The van der Waals surface area contributed by atoms with Crippen LogP contribution < -0.4 is 11.1 Å². The molecule has 0 bridgehead atoms. The zero-order chi connectivity index (χ0) is 10.7. The average molecular weight is 200 g/mol. The third-order valence-corrected chi connectivity index (χ3v) is 2.73. The highest BCUT2D eigenvalue weighted by Gasteiger charge is 2.29. The van der Waals surface area contributed by atoms with Gasteiger partial charge in [0.25, 0.3) is 0 Å². The summed E-state index contributed by atoms with van der Waals surface area (Å²) in [4.78, 5) is 11.7. The maximum absolute atomic E-state index is 11.7. The molecule has 0 aliphatic carbocycles. The minimum atomic E-state index is -0.0151. The third kappa shape index (κ3) is 2.96. The van der Waals surface area contributed by atoms with Gasteiger partial charge >= 0.3 is 0 Å². The largest absolute Gasteiger partial charge is 0.378 e. The number of amides is 1. The molecule has 4 heteroatoms. The maximum Gasteiger partial charge on any atom is 0.225 e. The van der Waals surface area contributed by atoms with E-state index >= 15 is 0 Å². The van der Waals surface area contributed by atoms with Crippen LogP contribution in [0.2, 0.25) is 0 Å². The lowest BCUT2D eigenvalue weighted by Gasteiger charge is -2.19. The Kier molecular flexibility index (Phi) is 3.89. The van der Waals surface area contributed by atoms with Crippen LogP contribution in [0.15, 0.2) is 0 Å². The molecule has 0 aromatic heterocycles. The molecule has 1 aliphatic rings. The van der Waals surface area contributed by atoms with Gasteiger partial charge in [-0.05, 0) is 27.2 Å². The fourth-order valence-electron chi connectivity index (χ4n) is 1.47. The molecule has 4 unspecified atom stereocenters. The fourth-order valence-corrected chi connectivity index (χ4v) is 1.47. The standard InChI is InChI=1S/C10H20N2O2/c1-6-4-9(5-14-6)10(13)12-8(3)7(2)11/h6-9H,4-5,11H2,1-3H3,(H,12,13). The normalized spacial score (nSPS) is 31.1. The molecule has 1 aliphatic heterocycles. The van der Waals surface area contributed by atoms with Gasteiger partial charge in [-0.15, -0.1) is 0 Å². The lowest BCUT2D eigenvalue weighted by molar-refractivity contribution is -0.125. The second-order valence-corrected chi connectivity index (χ2v) is 4.23. The number of ether oxygens (including phenoxy) is 1. The Morgan fingerprint density at radius 2 is 2.21 bits per heavy atom. The summed E-state index contributed by atoms with van der Waals surface area (Å²) < 4.78 is 5.34. The first-order valence-electron chi connectivity index (χ1n) is 5.18. The SMILES string of the molecule is CC1CC(C(=O)NC(C)C(C)N)CO1. The van der Waals surface area contributed by atoms with Crippen molar-refractivity contribution in [2.24, 2.45) is 11.7 Å². The van der Waals surface area contributed by atoms with Gasteiger partial charge in [0.15, 0.2) is 0 Å². The second-order valence-electron chi connectivity index (χ2n) is 4.23. The van der Waals surface area contributed by atoms with Gasteiger partial charge in [-0.1, -0.05) is 0 Å². The monoisotopic (exact) mass is 200 g/mol. The van der Waals surface area contributed by atoms with Crippen molar-refractivity contribution in [3.8, 4) is 0 Å². The van der Waals surface area contributed by atoms with E-state index in [0.717, 1.165) is 6.42 Å². The molecule has 0 aromatic carbocycles. The summed E-state index contributed by atoms with van der Waals surface area (Å²) in [5.74, 6) is 0.0744. The Bertz CT molecular complexity index is 206. The molecule has 1 rings (SSSR count). The van der Waals surface area contributed by atoms with Crippen LogP contribution in [0.25, 0.3) is 0 Å². The molecule has 0 radical (unpaired) electrons. The van der Waals surface area contributed by atoms with E-state index in [9.17, 15) is 4.79 Å². The molecule has 1 heterocycles. The van der Waals surface area contributed by atoms with Crippen LogP contribution in [0.4, 0.5) is 0 Å². The van der Waals surface area contributed by atoms with Gasteiger partial charge in [0, 0.05) is 12.1 Å². The predicted molar refractivity (Wildman–Crippen MR) is 54.8 cm³/mol. The molecule has 1 saturated heterocycles. The Labute approximate surface area is 85.2 Å². The molecule has 0 saturated carbocycles. The number of nitrogens with two attached hydrogens (primary N) is 1. The molecule has 1 fully saturated rings. The summed E-state index contributed by atoms with van der Waals surface area (Å²) in [6, 6.07) is 0.0112. The van der Waals surface area contributed by atoms with Gasteiger partial charge < -0.3 is 15.8 Å². The van der Waals surface area contributed by atoms with Crippen LogP contribution in [0.3, 0.4) is 0 Å². The highest BCUT2D eigenvalue weighted by molar-refractivity contribution is 5.79. The van der Waals surface area contributed by atoms with Gasteiger partial charge in [0.1, 0.15) is 0 Å². The average Bonchev–Trinajstić information content (AvgIpc) is 2.51. The van der Waals surface area contributed by atoms with Gasteiger partial charge in [0.05, 0.1) is 18.6 Å². The fraction of sp³-hybridized carbons (Fsp3) is 0.900. The van der Waals surface area contributed by atoms with Crippen molar-refractivity contribution in [3.05, 3.63) is 0 Å². The first-order chi connectivity index (χ1) is 6.50. The molecule has 3 N–H and O–H groups in total. The highest BCUT2D eigenvalue weighted by Crippen LogP contribution is 2.19. The number of rotatable bonds is 3. The predicted octanol–water partition coefficient (Wildman–Crippen LogP) is 0.263. The third-order valence-electron chi connectivity index (χ3n) is 2.73. The van der Waals surface area contributed by atoms with Crippen LogP contribution in [-0.4, -0.2) is 30.7 Å². The Hall–Kier alpha value is -0.610. The summed E-state index contributed by atoms with van der Waals surface area (Å²) in [5, 5.41) is 2.90. The minimum Gasteiger partial charge on any atom is -0.378 e. The van der Waals surface area contributed by atoms with E-state index in [4.69, 9.17) is 10.5 Å². The van der Waals surface area contributed by atoms with Crippen LogP contribution >= 0.6 is 0 Å². The number of hydrogen-bond acceptors (Lipinski definition) is 3. The van der Waals surface area contributed by atoms with E-state index in [1.54, 1.807) is 0 Å². The van der Waals surface area contributed by atoms with Crippen molar-refractivity contribution in [2.75, 3.05) is 6.61 Å². The Morgan fingerprint density at radius 1 is 1.57 bits per heavy atom. The van der Waals surface area contributed by atoms with Crippen molar-refractivity contribution in [1.29, 1.82) is 0 Å². The van der Waals surface area contributed by atoms with Crippen molar-refractivity contribution >= 4 is 5.91 Å². The first kappa shape index (κ1) is 11.5. The van der Waals surface area contributed by atoms with E-state index in [0.29, 0.717) is 6.61 Å². The second kappa shape index (κ2) is 4.75. The number of hydrogen-bond donors (Lipinski definition) is 2. The van der Waals surface area contributed by atoms with E-state index < -0.39 is 0 Å². The van der Waals surface area contributed by atoms with Gasteiger partial charge in [-0.25, -0.2) is 0 Å². The topological polar surface area (TPSA) is 64.4 Å². The van der Waals surface area contributed by atoms with Crippen LogP contribution in [-0.2, 0) is 9.53 Å². The molecule has 0 aromatic rings. The zero-order valence-electron chi connectivity index (χ0n) is 9.12. The molecular formula is C10H20N2O2. The molecule has 4 nitrogen and oxygen atoms in total. The van der Waals surface area contributed by atoms with Crippen molar-refractivity contribution < 1.29 is 9.53 Å². The van der Waals surface area contributed by atoms with E-state index in [1.807, 2.05) is 20.8 Å². The van der Waals surface area contributed by atoms with E-state index in [-0.39, 0.29) is 30.0 Å². The molecular weight excluding hydrogens is 180 g/mol. The first-order valence-corrected chi connectivity index (χ1v) is 5.18. The van der Waals surface area contributed by atoms with E-state index in [1.165, 1.54) is 0 Å². The quantitative estimate of drug-likeness (QED) is 0.687. The summed E-state index contributed by atoms with van der Waals surface area (Å²) in [6.07, 6.45) is 1.02. The lowest BCUT2D eigenvalue weighted by atomic mass is 10.0. The van der Waals surface area contributed by atoms with Gasteiger partial charge in [-0.2, -0.15) is 0 Å². The van der Waals surface area contributed by atoms with Crippen molar-refractivity contribution in [1.82, 2.24) is 5.32 Å². The molecule has 14 heavy (non-hydrogen) atoms. The maximum atomic E-state index is 11.7. The molecule has 0 spiro atoms. The van der Waals surface area contributed by atoms with Crippen LogP contribution in [0.1, 0.15) is 27.2 Å². The van der Waals surface area contributed by atoms with Crippen molar-refractivity contribution in [2.45, 2.75) is 45.4 Å². The van der Waals surface area contributed by atoms with Crippen LogP contribution in [0, 0.1) is 5.92 Å². The summed E-state index contributed by atoms with van der Waals surface area (Å²) in [7, 11) is 0. The smallest absolute Gasteiger partial charge is 0.225 e. The van der Waals surface area contributed by atoms with Crippen molar-refractivity contribution in [3.63, 3.8) is 0 Å². The molecule has 82 valence electrons. The number of carbonyl (C=O) groups is 1. The zero-order valence-corrected chi connectivity index (χ0v) is 9.12. The van der Waals surface area contributed by atoms with Crippen LogP contribution in [0.5, 0.6) is 0 Å². The Balaban J connectivity index is 2.35. The molecule has 1 amide bonds. The van der Waals surface area contributed by atoms with Gasteiger partial charge in [0.2, 0.25) is 5.91 Å². The summed E-state index contributed by atoms with van der Waals surface area (Å²) in [5.41, 5.74) is 5.66.